The van der Waals surface area contributed by atoms with E-state index in [1.54, 1.807) is 43.4 Å². The Morgan fingerprint density at radius 3 is 2.50 bits per heavy atom. The Kier molecular flexibility index (Phi) is 6.06. The maximum absolute atomic E-state index is 13.2. The SMILES string of the molecule is CN(Cc1cccc(F)c1)C(=O)NCc1ccc(NC(=O)c2ccco2)cc1. The molecule has 6 nitrogen and oxygen atoms in total. The van der Waals surface area contributed by atoms with Gasteiger partial charge in [0.1, 0.15) is 5.82 Å². The number of benzene rings is 2. The number of urea groups is 1. The van der Waals surface area contributed by atoms with E-state index in [-0.39, 0.29) is 23.5 Å². The van der Waals surface area contributed by atoms with Crippen molar-refractivity contribution in [2.45, 2.75) is 13.1 Å². The molecule has 0 radical (unpaired) electrons. The van der Waals surface area contributed by atoms with E-state index in [2.05, 4.69) is 10.6 Å². The van der Waals surface area contributed by atoms with Crippen LogP contribution in [0.25, 0.3) is 0 Å². The fourth-order valence-electron chi connectivity index (χ4n) is 2.60. The summed E-state index contributed by atoms with van der Waals surface area (Å²) in [5.41, 5.74) is 2.22. The molecule has 2 N–H and O–H groups in total. The van der Waals surface area contributed by atoms with Crippen LogP contribution in [0.15, 0.2) is 71.3 Å². The standard InChI is InChI=1S/C21H20FN3O3/c1-25(14-16-4-2-5-17(22)12-16)21(27)23-13-15-7-9-18(10-8-15)24-20(26)19-6-3-11-28-19/h2-12H,13-14H2,1H3,(H,23,27)(H,24,26). The van der Waals surface area contributed by atoms with Gasteiger partial charge in [0.15, 0.2) is 5.76 Å². The highest BCUT2D eigenvalue weighted by Crippen LogP contribution is 2.12. The number of anilines is 1. The van der Waals surface area contributed by atoms with E-state index in [1.165, 1.54) is 23.3 Å². The number of halogens is 1. The number of carbonyl (C=O) groups excluding carboxylic acids is 2. The molecule has 0 saturated heterocycles. The number of amides is 3. The highest BCUT2D eigenvalue weighted by atomic mass is 19.1. The fourth-order valence-corrected chi connectivity index (χ4v) is 2.60. The van der Waals surface area contributed by atoms with Crippen LogP contribution in [0.5, 0.6) is 0 Å². The molecule has 0 unspecified atom stereocenters. The van der Waals surface area contributed by atoms with Gasteiger partial charge in [0.05, 0.1) is 6.26 Å². The summed E-state index contributed by atoms with van der Waals surface area (Å²) in [6.45, 7) is 0.639. The first-order valence-electron chi connectivity index (χ1n) is 8.68. The van der Waals surface area contributed by atoms with Crippen molar-refractivity contribution in [3.63, 3.8) is 0 Å². The van der Waals surface area contributed by atoms with Gasteiger partial charge in [0.2, 0.25) is 0 Å². The molecule has 0 aliphatic carbocycles. The molecule has 0 spiro atoms. The first-order chi connectivity index (χ1) is 13.5. The van der Waals surface area contributed by atoms with E-state index in [0.29, 0.717) is 24.3 Å². The summed E-state index contributed by atoms with van der Waals surface area (Å²) in [6.07, 6.45) is 1.44. The maximum Gasteiger partial charge on any atom is 0.317 e. The van der Waals surface area contributed by atoms with Crippen molar-refractivity contribution in [1.82, 2.24) is 10.2 Å². The normalized spacial score (nSPS) is 10.4. The van der Waals surface area contributed by atoms with E-state index in [9.17, 15) is 14.0 Å². The Bertz CT molecular complexity index is 940. The molecule has 144 valence electrons. The molecule has 2 aromatic carbocycles. The molecule has 0 aliphatic heterocycles. The van der Waals surface area contributed by atoms with E-state index in [4.69, 9.17) is 4.42 Å². The summed E-state index contributed by atoms with van der Waals surface area (Å²) in [5.74, 6) is -0.423. The Labute approximate surface area is 162 Å². The fraction of sp³-hybridized carbons (Fsp3) is 0.143. The Morgan fingerprint density at radius 2 is 1.82 bits per heavy atom. The molecule has 7 heteroatoms. The second kappa shape index (κ2) is 8.85. The van der Waals surface area contributed by atoms with Crippen molar-refractivity contribution in [2.24, 2.45) is 0 Å². The van der Waals surface area contributed by atoms with Crippen LogP contribution in [0.1, 0.15) is 21.7 Å². The Hall–Kier alpha value is -3.61. The summed E-state index contributed by atoms with van der Waals surface area (Å²) in [4.78, 5) is 25.6. The zero-order chi connectivity index (χ0) is 19.9. The topological polar surface area (TPSA) is 74.6 Å². The smallest absolute Gasteiger partial charge is 0.317 e. The monoisotopic (exact) mass is 381 g/mol. The van der Waals surface area contributed by atoms with Crippen molar-refractivity contribution < 1.29 is 18.4 Å². The third-order valence-electron chi connectivity index (χ3n) is 4.06. The number of nitrogens with one attached hydrogen (secondary N) is 2. The van der Waals surface area contributed by atoms with E-state index >= 15 is 0 Å². The van der Waals surface area contributed by atoms with Gasteiger partial charge in [0.25, 0.3) is 5.91 Å². The second-order valence-corrected chi connectivity index (χ2v) is 6.27. The Balaban J connectivity index is 1.48. The van der Waals surface area contributed by atoms with Crippen LogP contribution in [0.2, 0.25) is 0 Å². The van der Waals surface area contributed by atoms with Gasteiger partial charge < -0.3 is 20.0 Å². The van der Waals surface area contributed by atoms with Crippen LogP contribution < -0.4 is 10.6 Å². The number of furan rings is 1. The quantitative estimate of drug-likeness (QED) is 0.677. The lowest BCUT2D eigenvalue weighted by Crippen LogP contribution is -2.36. The van der Waals surface area contributed by atoms with E-state index in [1.807, 2.05) is 12.1 Å². The number of hydrogen-bond donors (Lipinski definition) is 2. The molecule has 0 aliphatic rings. The van der Waals surface area contributed by atoms with Crippen LogP contribution in [-0.2, 0) is 13.1 Å². The van der Waals surface area contributed by atoms with Gasteiger partial charge in [0, 0.05) is 25.8 Å². The van der Waals surface area contributed by atoms with Crippen LogP contribution in [-0.4, -0.2) is 23.9 Å². The Morgan fingerprint density at radius 1 is 1.04 bits per heavy atom. The average Bonchev–Trinajstić information content (AvgIpc) is 3.22. The lowest BCUT2D eigenvalue weighted by molar-refractivity contribution is 0.0996. The molecular formula is C21H20FN3O3. The lowest BCUT2D eigenvalue weighted by Gasteiger charge is -2.18. The van der Waals surface area contributed by atoms with Gasteiger partial charge in [-0.05, 0) is 47.5 Å². The van der Waals surface area contributed by atoms with Crippen molar-refractivity contribution in [3.05, 3.63) is 89.6 Å². The minimum Gasteiger partial charge on any atom is -0.459 e. The first-order valence-corrected chi connectivity index (χ1v) is 8.68. The molecule has 3 rings (SSSR count). The molecule has 0 atom stereocenters. The number of nitrogens with zero attached hydrogens (tertiary/aromatic N) is 1. The average molecular weight is 381 g/mol. The van der Waals surface area contributed by atoms with Crippen molar-refractivity contribution >= 4 is 17.6 Å². The van der Waals surface area contributed by atoms with Gasteiger partial charge in [-0.1, -0.05) is 24.3 Å². The minimum absolute atomic E-state index is 0.234. The number of carbonyl (C=O) groups is 2. The predicted molar refractivity (Wildman–Crippen MR) is 103 cm³/mol. The summed E-state index contributed by atoms with van der Waals surface area (Å²) in [7, 11) is 1.65. The highest BCUT2D eigenvalue weighted by Gasteiger charge is 2.10. The molecule has 0 bridgehead atoms. The summed E-state index contributed by atoms with van der Waals surface area (Å²) >= 11 is 0. The van der Waals surface area contributed by atoms with Crippen LogP contribution in [0.4, 0.5) is 14.9 Å². The van der Waals surface area contributed by atoms with Gasteiger partial charge >= 0.3 is 6.03 Å². The summed E-state index contributed by atoms with van der Waals surface area (Å²) < 4.78 is 18.3. The number of hydrogen-bond acceptors (Lipinski definition) is 3. The number of rotatable bonds is 6. The van der Waals surface area contributed by atoms with Crippen LogP contribution >= 0.6 is 0 Å². The van der Waals surface area contributed by atoms with Crippen molar-refractivity contribution in [1.29, 1.82) is 0 Å². The van der Waals surface area contributed by atoms with Gasteiger partial charge in [-0.2, -0.15) is 0 Å². The molecular weight excluding hydrogens is 361 g/mol. The van der Waals surface area contributed by atoms with Gasteiger partial charge in [-0.3, -0.25) is 4.79 Å². The van der Waals surface area contributed by atoms with Gasteiger partial charge in [-0.15, -0.1) is 0 Å². The second-order valence-electron chi connectivity index (χ2n) is 6.27. The first kappa shape index (κ1) is 19.2. The third-order valence-corrected chi connectivity index (χ3v) is 4.06. The zero-order valence-electron chi connectivity index (χ0n) is 15.3. The molecule has 1 aromatic heterocycles. The highest BCUT2D eigenvalue weighted by molar-refractivity contribution is 6.02. The summed E-state index contributed by atoms with van der Waals surface area (Å²) in [5, 5.41) is 5.53. The largest absolute Gasteiger partial charge is 0.459 e. The van der Waals surface area contributed by atoms with Crippen LogP contribution in [0.3, 0.4) is 0 Å². The molecule has 3 amide bonds. The van der Waals surface area contributed by atoms with E-state index < -0.39 is 0 Å². The minimum atomic E-state index is -0.329. The molecule has 3 aromatic rings. The molecule has 0 saturated carbocycles. The van der Waals surface area contributed by atoms with Crippen molar-refractivity contribution in [2.75, 3.05) is 12.4 Å². The van der Waals surface area contributed by atoms with Crippen LogP contribution in [0, 0.1) is 5.82 Å². The molecule has 28 heavy (non-hydrogen) atoms. The zero-order valence-corrected chi connectivity index (χ0v) is 15.3. The van der Waals surface area contributed by atoms with E-state index in [0.717, 1.165) is 5.56 Å². The maximum atomic E-state index is 13.2. The third kappa shape index (κ3) is 5.20. The molecule has 0 fully saturated rings. The predicted octanol–water partition coefficient (Wildman–Crippen LogP) is 4.01. The molecule has 1 heterocycles. The van der Waals surface area contributed by atoms with Gasteiger partial charge in [-0.25, -0.2) is 9.18 Å². The lowest BCUT2D eigenvalue weighted by atomic mass is 10.2. The summed E-state index contributed by atoms with van der Waals surface area (Å²) in [6, 6.07) is 16.2. The van der Waals surface area contributed by atoms with Crippen molar-refractivity contribution in [3.8, 4) is 0 Å².